The second-order valence-corrected chi connectivity index (χ2v) is 9.30. The van der Waals surface area contributed by atoms with Crippen LogP contribution in [0.5, 0.6) is 0 Å². The standard InChI is InChI=1S/C20H30N2O3/c1-19-9-8-16(24)22(3)15(19)7-4-11-12-5-6-13(18(21)25)20(12,2)10-14(23)17(11)19/h7,11-14,17,23H,4-6,8-10H2,1-3H3,(H2,21,25)/t11?,12?,13-,14+,17?,19+,20+/m1/s1. The van der Waals surface area contributed by atoms with Gasteiger partial charge in [0, 0.05) is 30.5 Å². The molecule has 0 spiro atoms. The van der Waals surface area contributed by atoms with Crippen LogP contribution in [0.1, 0.15) is 52.4 Å². The van der Waals surface area contributed by atoms with Crippen molar-refractivity contribution in [2.75, 3.05) is 7.05 Å². The molecule has 5 nitrogen and oxygen atoms in total. The van der Waals surface area contributed by atoms with Crippen molar-refractivity contribution in [1.29, 1.82) is 0 Å². The molecule has 1 heterocycles. The molecule has 0 aromatic heterocycles. The Morgan fingerprint density at radius 2 is 2.08 bits per heavy atom. The zero-order valence-electron chi connectivity index (χ0n) is 15.5. The van der Waals surface area contributed by atoms with Gasteiger partial charge in [-0.1, -0.05) is 19.9 Å². The quantitative estimate of drug-likeness (QED) is 0.762. The number of fused-ring (bicyclic) bond motifs is 5. The van der Waals surface area contributed by atoms with Crippen LogP contribution in [-0.4, -0.2) is 35.0 Å². The lowest BCUT2D eigenvalue weighted by atomic mass is 9.48. The van der Waals surface area contributed by atoms with Gasteiger partial charge in [-0.15, -0.1) is 0 Å². The minimum absolute atomic E-state index is 0.123. The van der Waals surface area contributed by atoms with E-state index >= 15 is 0 Å². The first kappa shape index (κ1) is 17.1. The molecule has 1 saturated heterocycles. The van der Waals surface area contributed by atoms with Crippen molar-refractivity contribution in [1.82, 2.24) is 4.90 Å². The van der Waals surface area contributed by atoms with Gasteiger partial charge in [-0.25, -0.2) is 0 Å². The summed E-state index contributed by atoms with van der Waals surface area (Å²) >= 11 is 0. The summed E-state index contributed by atoms with van der Waals surface area (Å²) in [4.78, 5) is 25.9. The Hall–Kier alpha value is -1.36. The molecule has 138 valence electrons. The summed E-state index contributed by atoms with van der Waals surface area (Å²) in [5, 5.41) is 11.2. The normalized spacial score (nSPS) is 49.1. The lowest BCUT2D eigenvalue weighted by Gasteiger charge is -2.59. The topological polar surface area (TPSA) is 83.6 Å². The molecule has 3 fully saturated rings. The summed E-state index contributed by atoms with van der Waals surface area (Å²) < 4.78 is 0. The minimum atomic E-state index is -0.443. The molecule has 3 N–H and O–H groups in total. The minimum Gasteiger partial charge on any atom is -0.393 e. The molecule has 4 aliphatic rings. The van der Waals surface area contributed by atoms with Gasteiger partial charge in [-0.3, -0.25) is 9.59 Å². The molecule has 0 aromatic carbocycles. The Kier molecular flexibility index (Phi) is 3.63. The number of rotatable bonds is 1. The molecule has 25 heavy (non-hydrogen) atoms. The second kappa shape index (κ2) is 5.32. The summed E-state index contributed by atoms with van der Waals surface area (Å²) in [5.41, 5.74) is 6.44. The van der Waals surface area contributed by atoms with E-state index in [1.54, 1.807) is 4.90 Å². The zero-order valence-corrected chi connectivity index (χ0v) is 15.5. The summed E-state index contributed by atoms with van der Waals surface area (Å²) in [5.74, 6) is 0.794. The molecule has 4 rings (SSSR count). The molecule has 2 saturated carbocycles. The number of piperidine rings is 1. The van der Waals surface area contributed by atoms with Crippen LogP contribution in [0, 0.1) is 34.5 Å². The number of nitrogens with two attached hydrogens (primary N) is 1. The Labute approximate surface area is 149 Å². The molecule has 2 amide bonds. The third-order valence-electron chi connectivity index (χ3n) is 8.29. The van der Waals surface area contributed by atoms with Gasteiger partial charge < -0.3 is 15.7 Å². The number of carbonyl (C=O) groups is 2. The van der Waals surface area contributed by atoms with E-state index in [0.29, 0.717) is 24.7 Å². The molecular weight excluding hydrogens is 316 g/mol. The van der Waals surface area contributed by atoms with E-state index in [4.69, 9.17) is 5.73 Å². The number of likely N-dealkylation sites (tertiary alicyclic amines) is 1. The van der Waals surface area contributed by atoms with Crippen molar-refractivity contribution in [3.05, 3.63) is 11.8 Å². The van der Waals surface area contributed by atoms with E-state index in [2.05, 4.69) is 19.9 Å². The first-order valence-electron chi connectivity index (χ1n) is 9.64. The monoisotopic (exact) mass is 346 g/mol. The molecule has 0 aromatic rings. The van der Waals surface area contributed by atoms with Crippen LogP contribution in [0.15, 0.2) is 11.8 Å². The van der Waals surface area contributed by atoms with E-state index in [9.17, 15) is 14.7 Å². The molecule has 3 aliphatic carbocycles. The number of nitrogens with zero attached hydrogens (tertiary/aromatic N) is 1. The van der Waals surface area contributed by atoms with Crippen molar-refractivity contribution in [3.63, 3.8) is 0 Å². The number of aliphatic hydroxyl groups excluding tert-OH is 1. The first-order valence-corrected chi connectivity index (χ1v) is 9.64. The van der Waals surface area contributed by atoms with Crippen molar-refractivity contribution in [2.45, 2.75) is 58.5 Å². The van der Waals surface area contributed by atoms with Crippen LogP contribution in [0.4, 0.5) is 0 Å². The molecular formula is C20H30N2O3. The highest BCUT2D eigenvalue weighted by molar-refractivity contribution is 5.80. The Morgan fingerprint density at radius 1 is 1.36 bits per heavy atom. The zero-order chi connectivity index (χ0) is 18.1. The number of hydrogen-bond acceptors (Lipinski definition) is 3. The fraction of sp³-hybridized carbons (Fsp3) is 0.800. The van der Waals surface area contributed by atoms with Crippen molar-refractivity contribution >= 4 is 11.8 Å². The summed E-state index contributed by atoms with van der Waals surface area (Å²) in [7, 11) is 1.86. The molecule has 0 radical (unpaired) electrons. The second-order valence-electron chi connectivity index (χ2n) is 9.30. The van der Waals surface area contributed by atoms with Crippen LogP contribution in [-0.2, 0) is 9.59 Å². The van der Waals surface area contributed by atoms with Gasteiger partial charge in [-0.05, 0) is 55.3 Å². The van der Waals surface area contributed by atoms with Crippen LogP contribution in [0.3, 0.4) is 0 Å². The van der Waals surface area contributed by atoms with Gasteiger partial charge in [0.15, 0.2) is 0 Å². The Balaban J connectivity index is 1.75. The van der Waals surface area contributed by atoms with Gasteiger partial charge >= 0.3 is 0 Å². The first-order chi connectivity index (χ1) is 11.7. The maximum atomic E-state index is 12.2. The number of carbonyl (C=O) groups excluding carboxylic acids is 2. The van der Waals surface area contributed by atoms with E-state index in [0.717, 1.165) is 31.4 Å². The van der Waals surface area contributed by atoms with Crippen LogP contribution >= 0.6 is 0 Å². The van der Waals surface area contributed by atoms with Crippen molar-refractivity contribution in [2.24, 2.45) is 40.2 Å². The molecule has 0 bridgehead atoms. The molecule has 5 heteroatoms. The number of allylic oxidation sites excluding steroid dienone is 2. The average molecular weight is 346 g/mol. The van der Waals surface area contributed by atoms with Gasteiger partial charge in [-0.2, -0.15) is 0 Å². The van der Waals surface area contributed by atoms with Gasteiger partial charge in [0.05, 0.1) is 6.10 Å². The maximum Gasteiger partial charge on any atom is 0.226 e. The number of amides is 2. The highest BCUT2D eigenvalue weighted by Gasteiger charge is 2.63. The fourth-order valence-electron chi connectivity index (χ4n) is 7.18. The fourth-order valence-corrected chi connectivity index (χ4v) is 7.18. The number of aliphatic hydroxyl groups is 1. The van der Waals surface area contributed by atoms with E-state index in [1.807, 2.05) is 7.05 Å². The highest BCUT2D eigenvalue weighted by atomic mass is 16.3. The smallest absolute Gasteiger partial charge is 0.226 e. The lowest BCUT2D eigenvalue weighted by Crippen LogP contribution is -2.59. The van der Waals surface area contributed by atoms with Crippen LogP contribution in [0.2, 0.25) is 0 Å². The van der Waals surface area contributed by atoms with E-state index in [1.165, 1.54) is 0 Å². The van der Waals surface area contributed by atoms with E-state index < -0.39 is 6.10 Å². The number of hydrogen-bond donors (Lipinski definition) is 2. The highest BCUT2D eigenvalue weighted by Crippen LogP contribution is 2.65. The third-order valence-corrected chi connectivity index (χ3v) is 8.29. The third kappa shape index (κ3) is 2.11. The number of primary amides is 1. The van der Waals surface area contributed by atoms with Gasteiger partial charge in [0.2, 0.25) is 11.8 Å². The van der Waals surface area contributed by atoms with Gasteiger partial charge in [0.25, 0.3) is 0 Å². The molecule has 1 aliphatic heterocycles. The lowest BCUT2D eigenvalue weighted by molar-refractivity contribution is -0.150. The van der Waals surface area contributed by atoms with Gasteiger partial charge in [0.1, 0.15) is 0 Å². The summed E-state index contributed by atoms with van der Waals surface area (Å²) in [6, 6.07) is 0. The SMILES string of the molecule is CN1C(=O)CC[C@@]2(C)C1=CCC1C2[C@@H](O)C[C@@]2(C)C1CC[C@@H]2C(N)=O. The summed E-state index contributed by atoms with van der Waals surface area (Å²) in [6.07, 6.45) is 6.54. The largest absolute Gasteiger partial charge is 0.393 e. The van der Waals surface area contributed by atoms with Crippen LogP contribution in [0.25, 0.3) is 0 Å². The van der Waals surface area contributed by atoms with Crippen LogP contribution < -0.4 is 5.73 Å². The average Bonchev–Trinajstić information content (AvgIpc) is 2.88. The molecule has 7 atom stereocenters. The summed E-state index contributed by atoms with van der Waals surface area (Å²) in [6.45, 7) is 4.39. The van der Waals surface area contributed by atoms with Crippen molar-refractivity contribution in [3.8, 4) is 0 Å². The Morgan fingerprint density at radius 3 is 2.76 bits per heavy atom. The molecule has 3 unspecified atom stereocenters. The Bertz CT molecular complexity index is 659. The van der Waals surface area contributed by atoms with E-state index in [-0.39, 0.29) is 34.5 Å². The predicted molar refractivity (Wildman–Crippen MR) is 93.9 cm³/mol. The predicted octanol–water partition coefficient (Wildman–Crippen LogP) is 2.05. The van der Waals surface area contributed by atoms with Crippen molar-refractivity contribution < 1.29 is 14.7 Å². The maximum absolute atomic E-state index is 12.2.